The van der Waals surface area contributed by atoms with E-state index in [1.54, 1.807) is 18.2 Å². The van der Waals surface area contributed by atoms with Crippen LogP contribution in [0.3, 0.4) is 0 Å². The minimum atomic E-state index is 0.248. The maximum Gasteiger partial charge on any atom is 0.189 e. The van der Waals surface area contributed by atoms with Crippen LogP contribution in [0.15, 0.2) is 18.2 Å². The lowest BCUT2D eigenvalue weighted by Gasteiger charge is -2.16. The molecular weight excluding hydrogens is 144 g/mol. The van der Waals surface area contributed by atoms with Crippen LogP contribution in [0.4, 0.5) is 0 Å². The van der Waals surface area contributed by atoms with E-state index in [1.807, 2.05) is 0 Å². The first-order valence-corrected chi connectivity index (χ1v) is 3.39. The number of hydrogen-bond donors (Lipinski definition) is 1. The lowest BCUT2D eigenvalue weighted by molar-refractivity contribution is -0.0165. The number of hydrogen-bond acceptors (Lipinski definition) is 3. The molecule has 1 N–H and O–H groups in total. The maximum atomic E-state index is 9.08. The fraction of sp³-hybridized carbons (Fsp3) is 0.250. The molecule has 0 spiro atoms. The predicted molar refractivity (Wildman–Crippen MR) is 38.4 cm³/mol. The monoisotopic (exact) mass is 152 g/mol. The van der Waals surface area contributed by atoms with Crippen molar-refractivity contribution in [1.29, 1.82) is 0 Å². The topological polar surface area (TPSA) is 38.7 Å². The predicted octanol–water partition coefficient (Wildman–Crippen LogP) is 1.26. The van der Waals surface area contributed by atoms with Crippen LogP contribution >= 0.6 is 0 Å². The van der Waals surface area contributed by atoms with Crippen molar-refractivity contribution in [3.8, 4) is 11.5 Å². The second-order valence-corrected chi connectivity index (χ2v) is 2.40. The molecular formula is C8H8O3. The second kappa shape index (κ2) is 2.43. The highest BCUT2D eigenvalue weighted by Gasteiger charge is 2.09. The third-order valence-corrected chi connectivity index (χ3v) is 1.60. The van der Waals surface area contributed by atoms with E-state index >= 15 is 0 Å². The van der Waals surface area contributed by atoms with Crippen LogP contribution < -0.4 is 4.74 Å². The van der Waals surface area contributed by atoms with Crippen molar-refractivity contribution in [2.24, 2.45) is 0 Å². The number of phenolic OH excluding ortho intramolecular Hbond substituents is 1. The number of aromatic hydroxyl groups is 1. The lowest BCUT2D eigenvalue weighted by Crippen LogP contribution is -2.10. The van der Waals surface area contributed by atoms with Crippen LogP contribution in [0.25, 0.3) is 0 Å². The molecule has 3 heteroatoms. The van der Waals surface area contributed by atoms with Crippen LogP contribution in [0.2, 0.25) is 0 Å². The molecule has 1 heterocycles. The van der Waals surface area contributed by atoms with Gasteiger partial charge in [-0.15, -0.1) is 0 Å². The smallest absolute Gasteiger partial charge is 0.189 e. The van der Waals surface area contributed by atoms with Gasteiger partial charge >= 0.3 is 0 Å². The number of rotatable bonds is 0. The molecule has 0 amide bonds. The third-order valence-electron chi connectivity index (χ3n) is 1.60. The van der Waals surface area contributed by atoms with Crippen molar-refractivity contribution in [2.75, 3.05) is 6.79 Å². The van der Waals surface area contributed by atoms with E-state index in [9.17, 15) is 0 Å². The number of benzene rings is 1. The average molecular weight is 152 g/mol. The van der Waals surface area contributed by atoms with Crippen LogP contribution in [0.5, 0.6) is 11.5 Å². The number of fused-ring (bicyclic) bond motifs is 1. The summed E-state index contributed by atoms with van der Waals surface area (Å²) in [6.45, 7) is 0.821. The highest BCUT2D eigenvalue weighted by molar-refractivity contribution is 5.39. The summed E-state index contributed by atoms with van der Waals surface area (Å²) in [6.07, 6.45) is 0. The SMILES string of the molecule is Oc1ccc2c(c1)COCO2. The molecule has 1 aliphatic heterocycles. The molecule has 0 atom stereocenters. The van der Waals surface area contributed by atoms with Crippen LogP contribution in [-0.4, -0.2) is 11.9 Å². The van der Waals surface area contributed by atoms with E-state index in [-0.39, 0.29) is 5.75 Å². The molecule has 2 rings (SSSR count). The Balaban J connectivity index is 2.43. The van der Waals surface area contributed by atoms with Gasteiger partial charge in [0.05, 0.1) is 6.61 Å². The molecule has 1 aliphatic rings. The van der Waals surface area contributed by atoms with Gasteiger partial charge in [-0.1, -0.05) is 0 Å². The van der Waals surface area contributed by atoms with Gasteiger partial charge in [0, 0.05) is 5.56 Å². The zero-order valence-corrected chi connectivity index (χ0v) is 5.91. The second-order valence-electron chi connectivity index (χ2n) is 2.40. The van der Waals surface area contributed by atoms with Crippen molar-refractivity contribution in [2.45, 2.75) is 6.61 Å². The highest BCUT2D eigenvalue weighted by atomic mass is 16.7. The Hall–Kier alpha value is -1.22. The zero-order chi connectivity index (χ0) is 7.68. The average Bonchev–Trinajstić information content (AvgIpc) is 2.04. The summed E-state index contributed by atoms with van der Waals surface area (Å²) in [5, 5.41) is 9.08. The van der Waals surface area contributed by atoms with Crippen LogP contribution in [-0.2, 0) is 11.3 Å². The summed E-state index contributed by atoms with van der Waals surface area (Å²) in [4.78, 5) is 0. The Morgan fingerprint density at radius 1 is 1.36 bits per heavy atom. The van der Waals surface area contributed by atoms with E-state index in [2.05, 4.69) is 0 Å². The standard InChI is InChI=1S/C8H8O3/c9-7-1-2-8-6(3-7)4-10-5-11-8/h1-3,9H,4-5H2. The summed E-state index contributed by atoms with van der Waals surface area (Å²) in [6, 6.07) is 4.99. The molecule has 0 saturated carbocycles. The quantitative estimate of drug-likeness (QED) is 0.608. The fourth-order valence-electron chi connectivity index (χ4n) is 1.08. The van der Waals surface area contributed by atoms with E-state index in [0.717, 1.165) is 11.3 Å². The van der Waals surface area contributed by atoms with Gasteiger partial charge in [0.2, 0.25) is 0 Å². The van der Waals surface area contributed by atoms with Crippen molar-refractivity contribution >= 4 is 0 Å². The van der Waals surface area contributed by atoms with Gasteiger partial charge in [0.15, 0.2) is 6.79 Å². The molecule has 11 heavy (non-hydrogen) atoms. The van der Waals surface area contributed by atoms with Crippen molar-refractivity contribution in [3.05, 3.63) is 23.8 Å². The summed E-state index contributed by atoms with van der Waals surface area (Å²) < 4.78 is 10.2. The van der Waals surface area contributed by atoms with Gasteiger partial charge in [-0.2, -0.15) is 0 Å². The largest absolute Gasteiger partial charge is 0.508 e. The van der Waals surface area contributed by atoms with E-state index < -0.39 is 0 Å². The molecule has 0 fully saturated rings. The Morgan fingerprint density at radius 3 is 3.18 bits per heavy atom. The first-order chi connectivity index (χ1) is 5.36. The molecule has 0 radical (unpaired) electrons. The van der Waals surface area contributed by atoms with Gasteiger partial charge in [-0.3, -0.25) is 0 Å². The molecule has 0 bridgehead atoms. The molecule has 3 nitrogen and oxygen atoms in total. The van der Waals surface area contributed by atoms with Gasteiger partial charge in [-0.05, 0) is 18.2 Å². The van der Waals surface area contributed by atoms with Crippen molar-refractivity contribution in [3.63, 3.8) is 0 Å². The molecule has 0 aromatic heterocycles. The Kier molecular flexibility index (Phi) is 1.43. The maximum absolute atomic E-state index is 9.08. The summed E-state index contributed by atoms with van der Waals surface area (Å²) in [5.41, 5.74) is 0.899. The summed E-state index contributed by atoms with van der Waals surface area (Å²) in [7, 11) is 0. The highest BCUT2D eigenvalue weighted by Crippen LogP contribution is 2.26. The van der Waals surface area contributed by atoms with Gasteiger partial charge in [0.25, 0.3) is 0 Å². The first-order valence-electron chi connectivity index (χ1n) is 3.39. The fourth-order valence-corrected chi connectivity index (χ4v) is 1.08. The van der Waals surface area contributed by atoms with E-state index in [4.69, 9.17) is 14.6 Å². The number of phenols is 1. The lowest BCUT2D eigenvalue weighted by atomic mass is 10.2. The summed E-state index contributed by atoms with van der Waals surface area (Å²) >= 11 is 0. The molecule has 0 aliphatic carbocycles. The zero-order valence-electron chi connectivity index (χ0n) is 5.91. The van der Waals surface area contributed by atoms with Crippen LogP contribution in [0, 0.1) is 0 Å². The molecule has 58 valence electrons. The molecule has 0 unspecified atom stereocenters. The van der Waals surface area contributed by atoms with Gasteiger partial charge < -0.3 is 14.6 Å². The molecule has 1 aromatic carbocycles. The van der Waals surface area contributed by atoms with Crippen molar-refractivity contribution < 1.29 is 14.6 Å². The first kappa shape index (κ1) is 6.49. The van der Waals surface area contributed by atoms with Crippen LogP contribution in [0.1, 0.15) is 5.56 Å². The minimum absolute atomic E-state index is 0.248. The van der Waals surface area contributed by atoms with Gasteiger partial charge in [0.1, 0.15) is 11.5 Å². The van der Waals surface area contributed by atoms with E-state index in [0.29, 0.717) is 13.4 Å². The Bertz CT molecular complexity index is 270. The molecule has 1 aromatic rings. The van der Waals surface area contributed by atoms with Gasteiger partial charge in [-0.25, -0.2) is 0 Å². The Morgan fingerprint density at radius 2 is 2.27 bits per heavy atom. The summed E-state index contributed by atoms with van der Waals surface area (Å²) in [5.74, 6) is 1.05. The Labute approximate surface area is 64.2 Å². The van der Waals surface area contributed by atoms with Crippen molar-refractivity contribution in [1.82, 2.24) is 0 Å². The minimum Gasteiger partial charge on any atom is -0.508 e. The van der Waals surface area contributed by atoms with E-state index in [1.165, 1.54) is 0 Å². The third kappa shape index (κ3) is 1.14. The number of ether oxygens (including phenoxy) is 2. The normalized spacial score (nSPS) is 15.3. The molecule has 0 saturated heterocycles.